The molecule has 0 saturated carbocycles. The summed E-state index contributed by atoms with van der Waals surface area (Å²) in [4.78, 5) is 24.6. The number of hydrogen-bond acceptors (Lipinski definition) is 3. The number of methoxy groups -OCH3 is 1. The van der Waals surface area contributed by atoms with Crippen LogP contribution >= 0.6 is 0 Å². The van der Waals surface area contributed by atoms with E-state index >= 15 is 0 Å². The molecule has 0 spiro atoms. The summed E-state index contributed by atoms with van der Waals surface area (Å²) in [5.74, 6) is -0.282. The number of hydrogen-bond donors (Lipinski definition) is 2. The Kier molecular flexibility index (Phi) is 6.33. The van der Waals surface area contributed by atoms with Gasteiger partial charge < -0.3 is 15.4 Å². The molecule has 0 fully saturated rings. The first-order valence-electron chi connectivity index (χ1n) is 7.70. The van der Waals surface area contributed by atoms with Crippen molar-refractivity contribution in [3.8, 4) is 0 Å². The molecule has 2 rings (SSSR count). The molecule has 25 heavy (non-hydrogen) atoms. The zero-order valence-electron chi connectivity index (χ0n) is 14.1. The molecule has 0 aliphatic rings. The topological polar surface area (TPSA) is 70.7 Å². The molecule has 0 atom stereocenters. The molecule has 0 aromatic heterocycles. The number of nitrogens with zero attached hydrogens (tertiary/aromatic N) is 1. The summed E-state index contributed by atoms with van der Waals surface area (Å²) in [6.45, 7) is 0.431. The van der Waals surface area contributed by atoms with Gasteiger partial charge in [-0.05, 0) is 48.4 Å². The molecule has 0 aliphatic carbocycles. The number of urea groups is 1. The van der Waals surface area contributed by atoms with Gasteiger partial charge >= 0.3 is 12.1 Å². The van der Waals surface area contributed by atoms with Crippen LogP contribution in [0.3, 0.4) is 0 Å². The number of ether oxygens (including phenoxy) is 1. The summed E-state index contributed by atoms with van der Waals surface area (Å²) in [6, 6.07) is 12.6. The highest BCUT2D eigenvalue weighted by Gasteiger charge is 2.10. The van der Waals surface area contributed by atoms with E-state index < -0.39 is 6.09 Å². The molecule has 0 saturated heterocycles. The summed E-state index contributed by atoms with van der Waals surface area (Å²) < 4.78 is 17.4. The van der Waals surface area contributed by atoms with E-state index in [0.29, 0.717) is 24.3 Å². The smallest absolute Gasteiger partial charge is 0.413 e. The monoisotopic (exact) mass is 345 g/mol. The molecule has 0 heterocycles. The van der Waals surface area contributed by atoms with Crippen LogP contribution in [0.4, 0.5) is 25.4 Å². The van der Waals surface area contributed by atoms with Gasteiger partial charge in [-0.2, -0.15) is 0 Å². The van der Waals surface area contributed by atoms with Crippen LogP contribution in [0.15, 0.2) is 48.5 Å². The Morgan fingerprint density at radius 2 is 1.72 bits per heavy atom. The van der Waals surface area contributed by atoms with Crippen molar-refractivity contribution < 1.29 is 18.7 Å². The van der Waals surface area contributed by atoms with Gasteiger partial charge in [-0.15, -0.1) is 0 Å². The maximum absolute atomic E-state index is 12.8. The SMILES string of the molecule is COC(=O)N(C)c1ccc(NC(=O)NCCc2ccc(F)cc2)cc1. The van der Waals surface area contributed by atoms with Gasteiger partial charge in [0.25, 0.3) is 0 Å². The highest BCUT2D eigenvalue weighted by atomic mass is 19.1. The summed E-state index contributed by atoms with van der Waals surface area (Å²) in [7, 11) is 2.90. The molecular formula is C18H20FN3O3. The Morgan fingerprint density at radius 1 is 1.08 bits per heavy atom. The molecule has 2 N–H and O–H groups in total. The van der Waals surface area contributed by atoms with Crippen molar-refractivity contribution >= 4 is 23.5 Å². The fraction of sp³-hybridized carbons (Fsp3) is 0.222. The zero-order chi connectivity index (χ0) is 18.2. The molecule has 3 amide bonds. The van der Waals surface area contributed by atoms with Crippen molar-refractivity contribution in [1.29, 1.82) is 0 Å². The minimum Gasteiger partial charge on any atom is -0.452 e. The highest BCUT2D eigenvalue weighted by molar-refractivity contribution is 5.90. The van der Waals surface area contributed by atoms with E-state index in [0.717, 1.165) is 5.56 Å². The maximum Gasteiger partial charge on any atom is 0.413 e. The summed E-state index contributed by atoms with van der Waals surface area (Å²) in [5, 5.41) is 5.43. The lowest BCUT2D eigenvalue weighted by atomic mass is 10.1. The number of benzene rings is 2. The van der Waals surface area contributed by atoms with Gasteiger partial charge in [0.05, 0.1) is 7.11 Å². The molecule has 0 bridgehead atoms. The van der Waals surface area contributed by atoms with Gasteiger partial charge in [-0.3, -0.25) is 4.90 Å². The van der Waals surface area contributed by atoms with Crippen LogP contribution in [0.5, 0.6) is 0 Å². The molecule has 2 aromatic rings. The second kappa shape index (κ2) is 8.68. The van der Waals surface area contributed by atoms with E-state index in [9.17, 15) is 14.0 Å². The van der Waals surface area contributed by atoms with Gasteiger partial charge in [0.1, 0.15) is 5.82 Å². The molecule has 0 radical (unpaired) electrons. The van der Waals surface area contributed by atoms with Crippen molar-refractivity contribution in [2.24, 2.45) is 0 Å². The lowest BCUT2D eigenvalue weighted by molar-refractivity contribution is 0.180. The van der Waals surface area contributed by atoms with Crippen LogP contribution in [-0.4, -0.2) is 32.8 Å². The van der Waals surface area contributed by atoms with Crippen LogP contribution in [0.2, 0.25) is 0 Å². The second-order valence-corrected chi connectivity index (χ2v) is 5.33. The number of carbonyl (C=O) groups excluding carboxylic acids is 2. The fourth-order valence-corrected chi connectivity index (χ4v) is 2.16. The van der Waals surface area contributed by atoms with Gasteiger partial charge in [0.15, 0.2) is 0 Å². The first-order valence-corrected chi connectivity index (χ1v) is 7.70. The predicted molar refractivity (Wildman–Crippen MR) is 94.4 cm³/mol. The Balaban J connectivity index is 1.80. The third-order valence-electron chi connectivity index (χ3n) is 3.57. The first kappa shape index (κ1) is 18.3. The third kappa shape index (κ3) is 5.49. The summed E-state index contributed by atoms with van der Waals surface area (Å²) in [6.07, 6.45) is 0.135. The van der Waals surface area contributed by atoms with Crippen molar-refractivity contribution in [3.05, 3.63) is 59.9 Å². The Morgan fingerprint density at radius 3 is 2.32 bits per heavy atom. The molecule has 6 nitrogen and oxygen atoms in total. The number of carbonyl (C=O) groups is 2. The number of nitrogens with one attached hydrogen (secondary N) is 2. The lowest BCUT2D eigenvalue weighted by Crippen LogP contribution is -2.30. The van der Waals surface area contributed by atoms with E-state index in [4.69, 9.17) is 0 Å². The van der Waals surface area contributed by atoms with E-state index in [1.165, 1.54) is 24.1 Å². The molecule has 132 valence electrons. The van der Waals surface area contributed by atoms with Crippen LogP contribution in [0.1, 0.15) is 5.56 Å². The number of anilines is 2. The molecule has 0 unspecified atom stereocenters. The van der Waals surface area contributed by atoms with Crippen molar-refractivity contribution in [2.45, 2.75) is 6.42 Å². The third-order valence-corrected chi connectivity index (χ3v) is 3.57. The number of amides is 3. The minimum atomic E-state index is -0.473. The molecule has 0 aliphatic heterocycles. The molecule has 7 heteroatoms. The van der Waals surface area contributed by atoms with E-state index in [1.807, 2.05) is 0 Å². The molecule has 2 aromatic carbocycles. The average molecular weight is 345 g/mol. The quantitative estimate of drug-likeness (QED) is 0.873. The van der Waals surface area contributed by atoms with Gasteiger partial charge in [-0.25, -0.2) is 14.0 Å². The lowest BCUT2D eigenvalue weighted by Gasteiger charge is -2.16. The number of halogens is 1. The van der Waals surface area contributed by atoms with E-state index in [2.05, 4.69) is 15.4 Å². The van der Waals surface area contributed by atoms with Crippen LogP contribution < -0.4 is 15.5 Å². The van der Waals surface area contributed by atoms with Crippen molar-refractivity contribution in [3.63, 3.8) is 0 Å². The Bertz CT molecular complexity index is 717. The average Bonchev–Trinajstić information content (AvgIpc) is 2.62. The van der Waals surface area contributed by atoms with Crippen LogP contribution in [0, 0.1) is 5.82 Å². The van der Waals surface area contributed by atoms with Crippen molar-refractivity contribution in [1.82, 2.24) is 5.32 Å². The standard InChI is InChI=1S/C18H20FN3O3/c1-22(18(24)25-2)16-9-7-15(8-10-16)21-17(23)20-12-11-13-3-5-14(19)6-4-13/h3-10H,11-12H2,1-2H3,(H2,20,21,23). The van der Waals surface area contributed by atoms with E-state index in [1.54, 1.807) is 43.4 Å². The van der Waals surface area contributed by atoms with E-state index in [-0.39, 0.29) is 11.8 Å². The van der Waals surface area contributed by atoms with Gasteiger partial charge in [0.2, 0.25) is 0 Å². The molecular weight excluding hydrogens is 325 g/mol. The first-order chi connectivity index (χ1) is 12.0. The second-order valence-electron chi connectivity index (χ2n) is 5.33. The summed E-state index contributed by atoms with van der Waals surface area (Å²) >= 11 is 0. The zero-order valence-corrected chi connectivity index (χ0v) is 14.1. The Hall–Kier alpha value is -3.09. The van der Waals surface area contributed by atoms with Crippen LogP contribution in [0.25, 0.3) is 0 Å². The van der Waals surface area contributed by atoms with Gasteiger partial charge in [0, 0.05) is 25.0 Å². The summed E-state index contributed by atoms with van der Waals surface area (Å²) in [5.41, 5.74) is 2.19. The minimum absolute atomic E-state index is 0.282. The maximum atomic E-state index is 12.8. The predicted octanol–water partition coefficient (Wildman–Crippen LogP) is 3.39. The van der Waals surface area contributed by atoms with Gasteiger partial charge in [-0.1, -0.05) is 12.1 Å². The number of rotatable bonds is 5. The highest BCUT2D eigenvalue weighted by Crippen LogP contribution is 2.17. The normalized spacial score (nSPS) is 10.0. The largest absolute Gasteiger partial charge is 0.452 e. The Labute approximate surface area is 145 Å². The fourth-order valence-electron chi connectivity index (χ4n) is 2.16. The van der Waals surface area contributed by atoms with Crippen LogP contribution in [-0.2, 0) is 11.2 Å². The van der Waals surface area contributed by atoms with Crippen molar-refractivity contribution in [2.75, 3.05) is 30.9 Å².